The number of nitriles is 1. The highest BCUT2D eigenvalue weighted by molar-refractivity contribution is 7.21. The van der Waals surface area contributed by atoms with Gasteiger partial charge in [-0.15, -0.1) is 10.2 Å². The van der Waals surface area contributed by atoms with Crippen LogP contribution in [0.4, 0.5) is 22.2 Å². The Morgan fingerprint density at radius 1 is 1.29 bits per heavy atom. The van der Waals surface area contributed by atoms with Gasteiger partial charge in [-0.2, -0.15) is 5.26 Å². The number of aromatic nitrogens is 1. The third-order valence-corrected chi connectivity index (χ3v) is 5.06. The molecule has 0 saturated heterocycles. The molecule has 0 bridgehead atoms. The molecule has 0 N–H and O–H groups in total. The maximum Gasteiger partial charge on any atom is 0.270 e. The molecule has 9 heteroatoms. The van der Waals surface area contributed by atoms with E-state index in [4.69, 9.17) is 5.26 Å². The minimum Gasteiger partial charge on any atom is -0.369 e. The van der Waals surface area contributed by atoms with Crippen molar-refractivity contribution in [3.8, 4) is 6.07 Å². The van der Waals surface area contributed by atoms with Gasteiger partial charge in [-0.3, -0.25) is 10.1 Å². The summed E-state index contributed by atoms with van der Waals surface area (Å²) in [5.74, 6) is 0. The highest BCUT2D eigenvalue weighted by Crippen LogP contribution is 2.34. The van der Waals surface area contributed by atoms with E-state index in [1.54, 1.807) is 6.07 Å². The molecule has 0 amide bonds. The molecule has 142 valence electrons. The zero-order valence-electron chi connectivity index (χ0n) is 15.5. The van der Waals surface area contributed by atoms with Crippen LogP contribution in [0.3, 0.4) is 0 Å². The maximum absolute atomic E-state index is 10.9. The number of nitro groups is 1. The molecule has 1 heterocycles. The normalized spacial score (nSPS) is 11.0. The Morgan fingerprint density at radius 3 is 2.82 bits per heavy atom. The number of nitro benzene ring substituents is 1. The Kier molecular flexibility index (Phi) is 5.91. The van der Waals surface area contributed by atoms with E-state index < -0.39 is 4.92 Å². The zero-order valence-corrected chi connectivity index (χ0v) is 16.3. The van der Waals surface area contributed by atoms with Crippen molar-refractivity contribution in [1.82, 2.24) is 4.98 Å². The monoisotopic (exact) mass is 394 g/mol. The average molecular weight is 394 g/mol. The minimum atomic E-state index is -0.431. The van der Waals surface area contributed by atoms with Crippen molar-refractivity contribution in [3.05, 3.63) is 52.1 Å². The van der Waals surface area contributed by atoms with Crippen LogP contribution in [0.5, 0.6) is 0 Å². The number of nitrogens with zero attached hydrogens (tertiary/aromatic N) is 6. The van der Waals surface area contributed by atoms with Crippen LogP contribution >= 0.6 is 11.3 Å². The summed E-state index contributed by atoms with van der Waals surface area (Å²) in [6, 6.07) is 12.6. The van der Waals surface area contributed by atoms with Crippen molar-refractivity contribution in [3.63, 3.8) is 0 Å². The van der Waals surface area contributed by atoms with Crippen LogP contribution in [0.25, 0.3) is 10.2 Å². The van der Waals surface area contributed by atoms with Crippen molar-refractivity contribution in [2.45, 2.75) is 20.3 Å². The highest BCUT2D eigenvalue weighted by atomic mass is 32.1. The van der Waals surface area contributed by atoms with Crippen molar-refractivity contribution in [2.75, 3.05) is 18.0 Å². The Hall–Kier alpha value is -3.38. The fraction of sp³-hybridized carbons (Fsp3) is 0.263. The van der Waals surface area contributed by atoms with Gasteiger partial charge in [0, 0.05) is 25.2 Å². The van der Waals surface area contributed by atoms with Gasteiger partial charge in [-0.1, -0.05) is 17.4 Å². The number of hydrogen-bond donors (Lipinski definition) is 0. The lowest BCUT2D eigenvalue weighted by molar-refractivity contribution is -0.384. The second kappa shape index (κ2) is 8.54. The van der Waals surface area contributed by atoms with Crippen molar-refractivity contribution < 1.29 is 4.92 Å². The first kappa shape index (κ1) is 19.4. The van der Waals surface area contributed by atoms with Crippen LogP contribution in [-0.2, 0) is 0 Å². The molecule has 0 aliphatic rings. The predicted octanol–water partition coefficient (Wildman–Crippen LogP) is 5.67. The molecule has 0 aliphatic heterocycles. The molecule has 0 radical (unpaired) electrons. The van der Waals surface area contributed by atoms with Gasteiger partial charge in [0.2, 0.25) is 5.13 Å². The van der Waals surface area contributed by atoms with Crippen LogP contribution in [0.2, 0.25) is 0 Å². The van der Waals surface area contributed by atoms with Crippen molar-refractivity contribution in [2.24, 2.45) is 10.2 Å². The van der Waals surface area contributed by atoms with E-state index in [1.807, 2.05) is 32.0 Å². The molecule has 0 fully saturated rings. The van der Waals surface area contributed by atoms with Gasteiger partial charge in [0.1, 0.15) is 5.69 Å². The molecule has 3 rings (SSSR count). The maximum atomic E-state index is 10.9. The average Bonchev–Trinajstić information content (AvgIpc) is 3.10. The molecule has 1 aromatic heterocycles. The van der Waals surface area contributed by atoms with E-state index in [0.717, 1.165) is 17.8 Å². The third-order valence-electron chi connectivity index (χ3n) is 4.16. The number of thiazole rings is 1. The molecular weight excluding hydrogens is 376 g/mol. The summed E-state index contributed by atoms with van der Waals surface area (Å²) >= 11 is 1.25. The number of aryl methyl sites for hydroxylation is 1. The summed E-state index contributed by atoms with van der Waals surface area (Å²) in [5, 5.41) is 28.8. The lowest BCUT2D eigenvalue weighted by Crippen LogP contribution is -2.23. The summed E-state index contributed by atoms with van der Waals surface area (Å²) in [6.07, 6.45) is 0.426. The van der Waals surface area contributed by atoms with Gasteiger partial charge < -0.3 is 4.90 Å². The SMILES string of the molecule is CCN(CCC#N)c1cc(C)ccc1N=Nc1nc2ccc([N+](=O)[O-])cc2s1. The van der Waals surface area contributed by atoms with Gasteiger partial charge in [0.15, 0.2) is 0 Å². The second-order valence-electron chi connectivity index (χ2n) is 6.09. The fourth-order valence-electron chi connectivity index (χ4n) is 2.76. The first-order chi connectivity index (χ1) is 13.5. The summed E-state index contributed by atoms with van der Waals surface area (Å²) < 4.78 is 0.691. The second-order valence-corrected chi connectivity index (χ2v) is 7.09. The molecule has 28 heavy (non-hydrogen) atoms. The standard InChI is InChI=1S/C19H18N6O2S/c1-3-24(10-4-9-20)17-11-13(2)5-7-15(17)22-23-19-21-16-8-6-14(25(26)27)12-18(16)28-19/h5-8,11-12H,3-4,10H2,1-2H3. The van der Waals surface area contributed by atoms with E-state index in [9.17, 15) is 10.1 Å². The van der Waals surface area contributed by atoms with E-state index in [0.29, 0.717) is 34.0 Å². The minimum absolute atomic E-state index is 0.0246. The van der Waals surface area contributed by atoms with Crippen LogP contribution in [0, 0.1) is 28.4 Å². The first-order valence-electron chi connectivity index (χ1n) is 8.71. The number of non-ortho nitro benzene ring substituents is 1. The summed E-state index contributed by atoms with van der Waals surface area (Å²) in [4.78, 5) is 16.9. The summed E-state index contributed by atoms with van der Waals surface area (Å²) in [7, 11) is 0. The number of fused-ring (bicyclic) bond motifs is 1. The number of rotatable bonds is 7. The largest absolute Gasteiger partial charge is 0.369 e. The topological polar surface area (TPSA) is 108 Å². The molecule has 0 atom stereocenters. The highest BCUT2D eigenvalue weighted by Gasteiger charge is 2.12. The van der Waals surface area contributed by atoms with Crippen molar-refractivity contribution in [1.29, 1.82) is 5.26 Å². The van der Waals surface area contributed by atoms with E-state index in [-0.39, 0.29) is 5.69 Å². The molecule has 0 aliphatic carbocycles. The van der Waals surface area contributed by atoms with Crippen LogP contribution in [0.1, 0.15) is 18.9 Å². The Balaban J connectivity index is 1.92. The predicted molar refractivity (Wildman–Crippen MR) is 110 cm³/mol. The smallest absolute Gasteiger partial charge is 0.270 e. The molecule has 0 spiro atoms. The molecule has 0 saturated carbocycles. The van der Waals surface area contributed by atoms with E-state index in [1.165, 1.54) is 23.5 Å². The van der Waals surface area contributed by atoms with Gasteiger partial charge in [-0.05, 0) is 37.6 Å². The Labute approximate surface area is 165 Å². The van der Waals surface area contributed by atoms with Crippen molar-refractivity contribution >= 4 is 43.7 Å². The number of azo groups is 1. The zero-order chi connectivity index (χ0) is 20.1. The van der Waals surface area contributed by atoms with Crippen LogP contribution in [0.15, 0.2) is 46.6 Å². The molecule has 0 unspecified atom stereocenters. The van der Waals surface area contributed by atoms with Crippen LogP contribution in [-0.4, -0.2) is 23.0 Å². The quantitative estimate of drug-likeness (QED) is 0.291. The third kappa shape index (κ3) is 4.29. The van der Waals surface area contributed by atoms with Crippen LogP contribution < -0.4 is 4.90 Å². The number of benzene rings is 2. The van der Waals surface area contributed by atoms with Gasteiger partial charge in [0.05, 0.1) is 33.3 Å². The molecular formula is C19H18N6O2S. The summed E-state index contributed by atoms with van der Waals surface area (Å²) in [6.45, 7) is 5.40. The number of hydrogen-bond acceptors (Lipinski definition) is 8. The van der Waals surface area contributed by atoms with Gasteiger partial charge >= 0.3 is 0 Å². The number of anilines is 1. The van der Waals surface area contributed by atoms with Gasteiger partial charge in [0.25, 0.3) is 5.69 Å². The van der Waals surface area contributed by atoms with Gasteiger partial charge in [-0.25, -0.2) is 4.98 Å². The molecule has 3 aromatic rings. The summed E-state index contributed by atoms with van der Waals surface area (Å²) in [5.41, 5.74) is 3.37. The lowest BCUT2D eigenvalue weighted by Gasteiger charge is -2.23. The molecule has 8 nitrogen and oxygen atoms in total. The van der Waals surface area contributed by atoms with E-state index in [2.05, 4.69) is 26.2 Å². The Bertz CT molecular complexity index is 1090. The van der Waals surface area contributed by atoms with E-state index >= 15 is 0 Å². The molecule has 2 aromatic carbocycles. The fourth-order valence-corrected chi connectivity index (χ4v) is 3.58. The lowest BCUT2D eigenvalue weighted by atomic mass is 10.1. The Morgan fingerprint density at radius 2 is 2.11 bits per heavy atom. The first-order valence-corrected chi connectivity index (χ1v) is 9.52.